The molecule has 84 valence electrons. The lowest BCUT2D eigenvalue weighted by Crippen LogP contribution is -2.12. The molecule has 0 aliphatic heterocycles. The molecule has 1 aromatic heterocycles. The molecule has 1 aliphatic carbocycles. The zero-order chi connectivity index (χ0) is 10.8. The summed E-state index contributed by atoms with van der Waals surface area (Å²) in [6.07, 6.45) is 5.39. The minimum absolute atomic E-state index is 0.708. The van der Waals surface area contributed by atoms with Crippen molar-refractivity contribution in [1.82, 2.24) is 14.9 Å². The first-order valence-corrected chi connectivity index (χ1v) is 5.90. The third-order valence-electron chi connectivity index (χ3n) is 3.51. The van der Waals surface area contributed by atoms with E-state index in [-0.39, 0.29) is 0 Å². The Morgan fingerprint density at radius 1 is 1.40 bits per heavy atom. The zero-order valence-corrected chi connectivity index (χ0v) is 10.0. The van der Waals surface area contributed by atoms with E-state index in [0.29, 0.717) is 5.92 Å². The molecule has 0 saturated heterocycles. The van der Waals surface area contributed by atoms with Crippen LogP contribution in [0.2, 0.25) is 0 Å². The number of aryl methyl sites for hydroxylation is 1. The van der Waals surface area contributed by atoms with Crippen LogP contribution in [0.1, 0.15) is 48.8 Å². The topological polar surface area (TPSA) is 29.9 Å². The quantitative estimate of drug-likeness (QED) is 0.822. The average Bonchev–Trinajstić information content (AvgIpc) is 2.81. The summed E-state index contributed by atoms with van der Waals surface area (Å²) in [5, 5.41) is 3.21. The minimum atomic E-state index is 0.708. The summed E-state index contributed by atoms with van der Waals surface area (Å²) in [7, 11) is 4.14. The second-order valence-electron chi connectivity index (χ2n) is 4.57. The van der Waals surface area contributed by atoms with Gasteiger partial charge in [-0.2, -0.15) is 0 Å². The van der Waals surface area contributed by atoms with Crippen LogP contribution in [0.5, 0.6) is 0 Å². The molecule has 15 heavy (non-hydrogen) atoms. The third-order valence-corrected chi connectivity index (χ3v) is 3.51. The molecule has 0 aromatic carbocycles. The Morgan fingerprint density at radius 2 is 2.07 bits per heavy atom. The summed E-state index contributed by atoms with van der Waals surface area (Å²) in [5.41, 5.74) is 2.52. The Kier molecular flexibility index (Phi) is 3.10. The van der Waals surface area contributed by atoms with Crippen LogP contribution in [0, 0.1) is 6.92 Å². The van der Waals surface area contributed by atoms with E-state index in [0.717, 1.165) is 6.54 Å². The second kappa shape index (κ2) is 4.35. The van der Waals surface area contributed by atoms with Crippen LogP contribution in [0.25, 0.3) is 0 Å². The lowest BCUT2D eigenvalue weighted by atomic mass is 10.1. The van der Waals surface area contributed by atoms with Gasteiger partial charge in [-0.3, -0.25) is 0 Å². The molecule has 1 saturated carbocycles. The third kappa shape index (κ3) is 1.93. The summed E-state index contributed by atoms with van der Waals surface area (Å²) in [5.74, 6) is 2.01. The fraction of sp³-hybridized carbons (Fsp3) is 0.750. The molecular formula is C12H21N3. The van der Waals surface area contributed by atoms with Crippen molar-refractivity contribution in [3.63, 3.8) is 0 Å². The summed E-state index contributed by atoms with van der Waals surface area (Å²) in [4.78, 5) is 4.73. The standard InChI is InChI=1S/C12H21N3/c1-9-11(8-13-2)15(3)12(14-9)10-6-4-5-7-10/h10,13H,4-8H2,1-3H3. The molecular weight excluding hydrogens is 186 g/mol. The molecule has 1 fully saturated rings. The van der Waals surface area contributed by atoms with E-state index in [1.807, 2.05) is 7.05 Å². The largest absolute Gasteiger partial charge is 0.333 e. The molecule has 1 heterocycles. The second-order valence-corrected chi connectivity index (χ2v) is 4.57. The van der Waals surface area contributed by atoms with Gasteiger partial charge in [-0.15, -0.1) is 0 Å². The Labute approximate surface area is 91.9 Å². The lowest BCUT2D eigenvalue weighted by Gasteiger charge is -2.10. The van der Waals surface area contributed by atoms with Crippen LogP contribution in [-0.2, 0) is 13.6 Å². The van der Waals surface area contributed by atoms with Crippen LogP contribution in [-0.4, -0.2) is 16.6 Å². The highest BCUT2D eigenvalue weighted by Crippen LogP contribution is 2.33. The van der Waals surface area contributed by atoms with Crippen molar-refractivity contribution in [2.45, 2.75) is 45.1 Å². The van der Waals surface area contributed by atoms with E-state index in [1.165, 1.54) is 42.9 Å². The fourth-order valence-corrected chi connectivity index (χ4v) is 2.66. The van der Waals surface area contributed by atoms with E-state index in [1.54, 1.807) is 0 Å². The summed E-state index contributed by atoms with van der Waals surface area (Å²) in [6, 6.07) is 0. The molecule has 1 aliphatic rings. The van der Waals surface area contributed by atoms with E-state index < -0.39 is 0 Å². The lowest BCUT2D eigenvalue weighted by molar-refractivity contribution is 0.614. The fourth-order valence-electron chi connectivity index (χ4n) is 2.66. The predicted molar refractivity (Wildman–Crippen MR) is 61.9 cm³/mol. The van der Waals surface area contributed by atoms with Crippen LogP contribution in [0.3, 0.4) is 0 Å². The molecule has 1 aromatic rings. The number of imidazole rings is 1. The maximum Gasteiger partial charge on any atom is 0.112 e. The normalized spacial score (nSPS) is 17.5. The Morgan fingerprint density at radius 3 is 2.67 bits per heavy atom. The van der Waals surface area contributed by atoms with Gasteiger partial charge >= 0.3 is 0 Å². The van der Waals surface area contributed by atoms with Crippen molar-refractivity contribution in [3.05, 3.63) is 17.2 Å². The highest BCUT2D eigenvalue weighted by Gasteiger charge is 2.23. The maximum atomic E-state index is 4.73. The Hall–Kier alpha value is -0.830. The van der Waals surface area contributed by atoms with Gasteiger partial charge in [0.25, 0.3) is 0 Å². The monoisotopic (exact) mass is 207 g/mol. The van der Waals surface area contributed by atoms with E-state index >= 15 is 0 Å². The molecule has 0 spiro atoms. The van der Waals surface area contributed by atoms with Crippen molar-refractivity contribution in [1.29, 1.82) is 0 Å². The van der Waals surface area contributed by atoms with E-state index in [4.69, 9.17) is 4.98 Å². The molecule has 0 radical (unpaired) electrons. The van der Waals surface area contributed by atoms with Gasteiger partial charge in [0.1, 0.15) is 5.82 Å². The highest BCUT2D eigenvalue weighted by molar-refractivity contribution is 5.18. The maximum absolute atomic E-state index is 4.73. The Bertz CT molecular complexity index is 335. The molecule has 3 nitrogen and oxygen atoms in total. The molecule has 0 bridgehead atoms. The van der Waals surface area contributed by atoms with Crippen LogP contribution < -0.4 is 5.32 Å². The van der Waals surface area contributed by atoms with Gasteiger partial charge < -0.3 is 9.88 Å². The van der Waals surface area contributed by atoms with Crippen molar-refractivity contribution in [3.8, 4) is 0 Å². The predicted octanol–water partition coefficient (Wildman–Crippen LogP) is 2.11. The van der Waals surface area contributed by atoms with Crippen LogP contribution >= 0.6 is 0 Å². The van der Waals surface area contributed by atoms with Crippen LogP contribution in [0.4, 0.5) is 0 Å². The number of nitrogens with one attached hydrogen (secondary N) is 1. The first kappa shape index (κ1) is 10.7. The number of hydrogen-bond donors (Lipinski definition) is 1. The van der Waals surface area contributed by atoms with Crippen molar-refractivity contribution in [2.24, 2.45) is 7.05 Å². The summed E-state index contributed by atoms with van der Waals surface area (Å²) >= 11 is 0. The van der Waals surface area contributed by atoms with Crippen molar-refractivity contribution >= 4 is 0 Å². The van der Waals surface area contributed by atoms with Gasteiger partial charge in [0.2, 0.25) is 0 Å². The van der Waals surface area contributed by atoms with Gasteiger partial charge in [-0.1, -0.05) is 12.8 Å². The molecule has 0 amide bonds. The van der Waals surface area contributed by atoms with Gasteiger partial charge in [0.15, 0.2) is 0 Å². The molecule has 0 atom stereocenters. The van der Waals surface area contributed by atoms with Gasteiger partial charge in [0.05, 0.1) is 11.4 Å². The first-order valence-electron chi connectivity index (χ1n) is 5.90. The highest BCUT2D eigenvalue weighted by atomic mass is 15.1. The van der Waals surface area contributed by atoms with Gasteiger partial charge in [-0.25, -0.2) is 4.98 Å². The zero-order valence-electron chi connectivity index (χ0n) is 10.0. The molecule has 0 unspecified atom stereocenters. The molecule has 3 heteroatoms. The minimum Gasteiger partial charge on any atom is -0.333 e. The summed E-state index contributed by atoms with van der Waals surface area (Å²) < 4.78 is 2.29. The van der Waals surface area contributed by atoms with Gasteiger partial charge in [-0.05, 0) is 26.8 Å². The molecule has 1 N–H and O–H groups in total. The number of hydrogen-bond acceptors (Lipinski definition) is 2. The number of rotatable bonds is 3. The van der Waals surface area contributed by atoms with E-state index in [2.05, 4.69) is 23.9 Å². The number of aromatic nitrogens is 2. The SMILES string of the molecule is CNCc1c(C)nc(C2CCCC2)n1C. The first-order chi connectivity index (χ1) is 7.24. The summed E-state index contributed by atoms with van der Waals surface area (Å²) in [6.45, 7) is 3.03. The van der Waals surface area contributed by atoms with E-state index in [9.17, 15) is 0 Å². The van der Waals surface area contributed by atoms with Gasteiger partial charge in [0, 0.05) is 19.5 Å². The smallest absolute Gasteiger partial charge is 0.112 e. The number of nitrogens with zero attached hydrogens (tertiary/aromatic N) is 2. The van der Waals surface area contributed by atoms with Crippen molar-refractivity contribution < 1.29 is 0 Å². The Balaban J connectivity index is 2.27. The van der Waals surface area contributed by atoms with Crippen LogP contribution in [0.15, 0.2) is 0 Å². The van der Waals surface area contributed by atoms with Crippen molar-refractivity contribution in [2.75, 3.05) is 7.05 Å². The molecule has 2 rings (SSSR count). The average molecular weight is 207 g/mol.